The lowest BCUT2D eigenvalue weighted by molar-refractivity contribution is -0.139. The van der Waals surface area contributed by atoms with Crippen molar-refractivity contribution < 1.29 is 28.6 Å². The van der Waals surface area contributed by atoms with Gasteiger partial charge in [-0.2, -0.15) is 0 Å². The second-order valence-electron chi connectivity index (χ2n) is 5.81. The smallest absolute Gasteiger partial charge is 0.408 e. The summed E-state index contributed by atoms with van der Waals surface area (Å²) in [5, 5.41) is 11.3. The third-order valence-corrected chi connectivity index (χ3v) is 2.59. The Hall–Kier alpha value is -1.66. The Kier molecular flexibility index (Phi) is 8.57. The Labute approximate surface area is 124 Å². The highest BCUT2D eigenvalue weighted by molar-refractivity contribution is 5.80. The highest BCUT2D eigenvalue weighted by Crippen LogP contribution is 2.10. The van der Waals surface area contributed by atoms with E-state index in [-0.39, 0.29) is 12.8 Å². The maximum absolute atomic E-state index is 11.9. The molecule has 0 aliphatic heterocycles. The molecule has 0 heterocycles. The van der Waals surface area contributed by atoms with E-state index >= 15 is 0 Å². The van der Waals surface area contributed by atoms with Crippen molar-refractivity contribution in [3.63, 3.8) is 0 Å². The second kappa shape index (κ2) is 9.31. The summed E-state index contributed by atoms with van der Waals surface area (Å²) in [5.41, 5.74) is -0.695. The van der Waals surface area contributed by atoms with Gasteiger partial charge in [-0.3, -0.25) is 4.79 Å². The molecule has 0 rings (SSSR count). The molecule has 1 atom stereocenters. The number of halogens is 1. The number of amides is 1. The zero-order valence-corrected chi connectivity index (χ0v) is 12.8. The van der Waals surface area contributed by atoms with Gasteiger partial charge in [-0.05, 0) is 33.6 Å². The molecule has 21 heavy (non-hydrogen) atoms. The fourth-order valence-corrected chi connectivity index (χ4v) is 1.62. The van der Waals surface area contributed by atoms with Gasteiger partial charge >= 0.3 is 12.1 Å². The summed E-state index contributed by atoms with van der Waals surface area (Å²) in [6.07, 6.45) is 1.26. The number of carbonyl (C=O) groups is 3. The van der Waals surface area contributed by atoms with Crippen LogP contribution in [0.1, 0.15) is 52.9 Å². The lowest BCUT2D eigenvalue weighted by atomic mass is 10.1. The van der Waals surface area contributed by atoms with Gasteiger partial charge in [0.1, 0.15) is 18.3 Å². The average Bonchev–Trinajstić information content (AvgIpc) is 2.34. The molecular formula is C14H24FNO5. The summed E-state index contributed by atoms with van der Waals surface area (Å²) < 4.78 is 16.9. The molecule has 0 aromatic rings. The lowest BCUT2D eigenvalue weighted by Gasteiger charge is -2.22. The summed E-state index contributed by atoms with van der Waals surface area (Å²) in [5.74, 6) is -1.59. The quantitative estimate of drug-likeness (QED) is 0.638. The maximum atomic E-state index is 11.9. The molecule has 122 valence electrons. The largest absolute Gasteiger partial charge is 0.480 e. The number of hydrogen-bond acceptors (Lipinski definition) is 4. The number of carbonyl (C=O) groups excluding carboxylic acids is 2. The van der Waals surface area contributed by atoms with Gasteiger partial charge in [0, 0.05) is 6.42 Å². The number of alkyl carbamates (subject to hydrolysis) is 1. The molecule has 1 amide bonds. The molecule has 0 aliphatic carbocycles. The predicted molar refractivity (Wildman–Crippen MR) is 74.9 cm³/mol. The third-order valence-electron chi connectivity index (χ3n) is 2.59. The predicted octanol–water partition coefficient (Wildman–Crippen LogP) is 2.45. The Morgan fingerprint density at radius 3 is 2.29 bits per heavy atom. The molecule has 0 spiro atoms. The van der Waals surface area contributed by atoms with E-state index in [1.54, 1.807) is 20.8 Å². The number of carboxylic acids is 1. The zero-order chi connectivity index (χ0) is 16.5. The summed E-state index contributed by atoms with van der Waals surface area (Å²) >= 11 is 0. The van der Waals surface area contributed by atoms with Crippen molar-refractivity contribution in [1.29, 1.82) is 0 Å². The number of ether oxygens (including phenoxy) is 1. The number of nitrogens with one attached hydrogen (secondary N) is 1. The van der Waals surface area contributed by atoms with Crippen LogP contribution >= 0.6 is 0 Å². The number of Topliss-reactive ketones (excluding diaryl/α,β-unsaturated/α-hetero) is 1. The normalized spacial score (nSPS) is 12.6. The Bertz CT molecular complexity index is 365. The van der Waals surface area contributed by atoms with Gasteiger partial charge in [0.15, 0.2) is 5.78 Å². The van der Waals surface area contributed by atoms with Crippen molar-refractivity contribution in [2.75, 3.05) is 6.67 Å². The molecule has 0 radical (unpaired) electrons. The van der Waals surface area contributed by atoms with Crippen LogP contribution in [0.4, 0.5) is 9.18 Å². The van der Waals surface area contributed by atoms with E-state index in [0.29, 0.717) is 19.3 Å². The van der Waals surface area contributed by atoms with E-state index in [0.717, 1.165) is 0 Å². The van der Waals surface area contributed by atoms with Gasteiger partial charge in [-0.15, -0.1) is 0 Å². The molecule has 7 heteroatoms. The topological polar surface area (TPSA) is 92.7 Å². The third kappa shape index (κ3) is 10.8. The molecule has 2 N–H and O–H groups in total. The summed E-state index contributed by atoms with van der Waals surface area (Å²) in [6.45, 7) is 4.09. The van der Waals surface area contributed by atoms with Gasteiger partial charge in [0.2, 0.25) is 0 Å². The van der Waals surface area contributed by atoms with Crippen LogP contribution < -0.4 is 5.32 Å². The molecule has 6 nitrogen and oxygen atoms in total. The minimum Gasteiger partial charge on any atom is -0.480 e. The first kappa shape index (κ1) is 19.3. The number of carboxylic acid groups (broad SMARTS) is 1. The number of rotatable bonds is 9. The van der Waals surface area contributed by atoms with Crippen molar-refractivity contribution in [1.82, 2.24) is 5.32 Å². The minimum absolute atomic E-state index is 0.160. The lowest BCUT2D eigenvalue weighted by Crippen LogP contribution is -2.43. The zero-order valence-electron chi connectivity index (χ0n) is 12.8. The van der Waals surface area contributed by atoms with Crippen LogP contribution in [0.15, 0.2) is 0 Å². The van der Waals surface area contributed by atoms with E-state index in [9.17, 15) is 18.8 Å². The van der Waals surface area contributed by atoms with Crippen molar-refractivity contribution in [2.24, 2.45) is 0 Å². The molecule has 0 aromatic carbocycles. The van der Waals surface area contributed by atoms with Crippen molar-refractivity contribution in [3.05, 3.63) is 0 Å². The highest BCUT2D eigenvalue weighted by atomic mass is 19.1. The molecule has 0 aromatic heterocycles. The average molecular weight is 305 g/mol. The molecule has 0 bridgehead atoms. The number of hydrogen-bond donors (Lipinski definition) is 2. The standard InChI is InChI=1S/C14H24FNO5/c1-14(2,3)21-13(20)16-11(12(18)19)8-6-4-5-7-10(17)9-15/h11H,4-9H2,1-3H3,(H,16,20)(H,18,19)/t11-/m0/s1. The molecular weight excluding hydrogens is 281 g/mol. The van der Waals surface area contributed by atoms with Crippen LogP contribution in [0.25, 0.3) is 0 Å². The van der Waals surface area contributed by atoms with Gasteiger partial charge in [0.25, 0.3) is 0 Å². The monoisotopic (exact) mass is 305 g/mol. The first-order valence-electron chi connectivity index (χ1n) is 6.95. The van der Waals surface area contributed by atoms with Crippen LogP contribution in [0, 0.1) is 0 Å². The molecule has 0 saturated carbocycles. The van der Waals surface area contributed by atoms with Crippen molar-refractivity contribution >= 4 is 17.8 Å². The molecule has 0 aliphatic rings. The van der Waals surface area contributed by atoms with Crippen LogP contribution in [-0.4, -0.2) is 41.3 Å². The Morgan fingerprint density at radius 2 is 1.81 bits per heavy atom. The Morgan fingerprint density at radius 1 is 1.19 bits per heavy atom. The van der Waals surface area contributed by atoms with Crippen LogP contribution in [-0.2, 0) is 14.3 Å². The fourth-order valence-electron chi connectivity index (χ4n) is 1.62. The number of alkyl halides is 1. The van der Waals surface area contributed by atoms with Gasteiger partial charge in [0.05, 0.1) is 0 Å². The van der Waals surface area contributed by atoms with E-state index < -0.39 is 36.2 Å². The fraction of sp³-hybridized carbons (Fsp3) is 0.786. The van der Waals surface area contributed by atoms with Gasteiger partial charge in [-0.25, -0.2) is 14.0 Å². The first-order valence-corrected chi connectivity index (χ1v) is 6.95. The second-order valence-corrected chi connectivity index (χ2v) is 5.81. The van der Waals surface area contributed by atoms with Crippen LogP contribution in [0.3, 0.4) is 0 Å². The van der Waals surface area contributed by atoms with E-state index in [1.807, 2.05) is 0 Å². The minimum atomic E-state index is -1.14. The number of ketones is 1. The Balaban J connectivity index is 4.06. The first-order chi connectivity index (χ1) is 9.65. The van der Waals surface area contributed by atoms with Crippen LogP contribution in [0.5, 0.6) is 0 Å². The number of unbranched alkanes of at least 4 members (excludes halogenated alkanes) is 2. The van der Waals surface area contributed by atoms with Gasteiger partial charge in [-0.1, -0.05) is 12.8 Å². The van der Waals surface area contributed by atoms with Crippen molar-refractivity contribution in [3.8, 4) is 0 Å². The molecule has 0 unspecified atom stereocenters. The van der Waals surface area contributed by atoms with Crippen LogP contribution in [0.2, 0.25) is 0 Å². The van der Waals surface area contributed by atoms with E-state index in [2.05, 4.69) is 5.32 Å². The summed E-state index contributed by atoms with van der Waals surface area (Å²) in [6, 6.07) is -1.03. The molecule has 0 fully saturated rings. The summed E-state index contributed by atoms with van der Waals surface area (Å²) in [7, 11) is 0. The number of aliphatic carboxylic acids is 1. The summed E-state index contributed by atoms with van der Waals surface area (Å²) in [4.78, 5) is 33.3. The maximum Gasteiger partial charge on any atom is 0.408 e. The van der Waals surface area contributed by atoms with E-state index in [4.69, 9.17) is 9.84 Å². The molecule has 0 saturated heterocycles. The van der Waals surface area contributed by atoms with E-state index in [1.165, 1.54) is 0 Å². The van der Waals surface area contributed by atoms with Gasteiger partial charge < -0.3 is 15.2 Å². The SMILES string of the molecule is CC(C)(C)OC(=O)N[C@@H](CCCCCC(=O)CF)C(=O)O. The highest BCUT2D eigenvalue weighted by Gasteiger charge is 2.23. The van der Waals surface area contributed by atoms with Crippen molar-refractivity contribution in [2.45, 2.75) is 64.5 Å².